The molecule has 1 aliphatic rings. The van der Waals surface area contributed by atoms with Gasteiger partial charge in [0.15, 0.2) is 5.11 Å². The van der Waals surface area contributed by atoms with Crippen molar-refractivity contribution >= 4 is 40.5 Å². The van der Waals surface area contributed by atoms with Crippen LogP contribution in [0, 0.1) is 12.7 Å². The number of hydrogen-bond acceptors (Lipinski definition) is 3. The van der Waals surface area contributed by atoms with Crippen LogP contribution in [0.3, 0.4) is 0 Å². The van der Waals surface area contributed by atoms with Gasteiger partial charge in [-0.1, -0.05) is 54.1 Å². The highest BCUT2D eigenvalue weighted by molar-refractivity contribution is 7.80. The molecular weight excluding hydrogens is 437 g/mol. The second-order valence-corrected chi connectivity index (χ2v) is 8.33. The van der Waals surface area contributed by atoms with Gasteiger partial charge < -0.3 is 10.2 Å². The summed E-state index contributed by atoms with van der Waals surface area (Å²) in [7, 11) is 0. The lowest BCUT2D eigenvalue weighted by Gasteiger charge is -2.24. The van der Waals surface area contributed by atoms with Crippen LogP contribution in [0.15, 0.2) is 78.9 Å². The lowest BCUT2D eigenvalue weighted by Crippen LogP contribution is -2.39. The van der Waals surface area contributed by atoms with E-state index in [4.69, 9.17) is 12.2 Å². The second-order valence-electron chi connectivity index (χ2n) is 7.96. The van der Waals surface area contributed by atoms with Crippen molar-refractivity contribution in [3.8, 4) is 0 Å². The van der Waals surface area contributed by atoms with Crippen LogP contribution in [0.4, 0.5) is 15.8 Å². The third-order valence-electron chi connectivity index (χ3n) is 5.63. The number of benzene rings is 3. The number of halogens is 1. The quantitative estimate of drug-likeness (QED) is 0.518. The Morgan fingerprint density at radius 2 is 1.67 bits per heavy atom. The van der Waals surface area contributed by atoms with Crippen molar-refractivity contribution in [3.63, 3.8) is 0 Å². The first-order valence-corrected chi connectivity index (χ1v) is 11.1. The fourth-order valence-electron chi connectivity index (χ4n) is 3.87. The van der Waals surface area contributed by atoms with Crippen molar-refractivity contribution in [2.75, 3.05) is 16.8 Å². The van der Waals surface area contributed by atoms with Crippen LogP contribution in [0.5, 0.6) is 0 Å². The van der Waals surface area contributed by atoms with Gasteiger partial charge in [-0.15, -0.1) is 0 Å². The predicted octanol–water partition coefficient (Wildman–Crippen LogP) is 4.71. The topological polar surface area (TPSA) is 52.7 Å². The maximum Gasteiger partial charge on any atom is 0.256 e. The fourth-order valence-corrected chi connectivity index (χ4v) is 4.28. The molecule has 0 radical (unpaired) electrons. The highest BCUT2D eigenvalue weighted by Gasteiger charge is 2.43. The molecule has 4 rings (SSSR count). The molecule has 5 nitrogen and oxygen atoms in total. The second kappa shape index (κ2) is 9.92. The van der Waals surface area contributed by atoms with E-state index in [2.05, 4.69) is 5.32 Å². The minimum atomic E-state index is -0.769. The van der Waals surface area contributed by atoms with Gasteiger partial charge in [0.05, 0.1) is 12.1 Å². The molecule has 1 atom stereocenters. The molecule has 33 heavy (non-hydrogen) atoms. The van der Waals surface area contributed by atoms with Crippen LogP contribution in [-0.2, 0) is 16.0 Å². The molecule has 1 N–H and O–H groups in total. The summed E-state index contributed by atoms with van der Waals surface area (Å²) in [6, 6.07) is 22.3. The Morgan fingerprint density at radius 3 is 2.36 bits per heavy atom. The van der Waals surface area contributed by atoms with Crippen LogP contribution in [0.2, 0.25) is 0 Å². The number of carbonyl (C=O) groups is 2. The predicted molar refractivity (Wildman–Crippen MR) is 132 cm³/mol. The molecule has 2 amide bonds. The number of anilines is 2. The summed E-state index contributed by atoms with van der Waals surface area (Å²) in [6.07, 6.45) is 0.298. The molecule has 0 aliphatic carbocycles. The van der Waals surface area contributed by atoms with Crippen LogP contribution < -0.4 is 10.2 Å². The number of nitrogens with zero attached hydrogens (tertiary/aromatic N) is 2. The van der Waals surface area contributed by atoms with E-state index in [0.29, 0.717) is 35.0 Å². The molecule has 1 fully saturated rings. The number of hydrogen-bond donors (Lipinski definition) is 1. The number of carbonyl (C=O) groups excluding carboxylic acids is 2. The van der Waals surface area contributed by atoms with Crippen molar-refractivity contribution in [2.45, 2.75) is 25.8 Å². The molecule has 0 saturated carbocycles. The maximum atomic E-state index is 14.2. The summed E-state index contributed by atoms with van der Waals surface area (Å²) in [4.78, 5) is 29.4. The summed E-state index contributed by atoms with van der Waals surface area (Å²) in [6.45, 7) is 2.28. The Balaban J connectivity index is 1.55. The Bertz CT molecular complexity index is 1170. The molecular formula is C26H24FN3O2S. The standard InChI is InChI=1S/C26H24FN3O2S/c1-18-11-13-20(14-12-18)28-24(31)17-23-25(32)30(21-8-3-2-4-9-21)26(33)29(23)16-15-19-7-5-6-10-22(19)27/h2-14,23H,15-17H2,1H3,(H,28,31)/t23-/m1/s1. The minimum absolute atomic E-state index is 0.0620. The van der Waals surface area contributed by atoms with E-state index in [0.717, 1.165) is 5.56 Å². The van der Waals surface area contributed by atoms with Gasteiger partial charge >= 0.3 is 0 Å². The Labute approximate surface area is 197 Å². The van der Waals surface area contributed by atoms with E-state index in [1.54, 1.807) is 35.2 Å². The maximum absolute atomic E-state index is 14.2. The Hall–Kier alpha value is -3.58. The van der Waals surface area contributed by atoms with Crippen molar-refractivity contribution < 1.29 is 14.0 Å². The highest BCUT2D eigenvalue weighted by atomic mass is 32.1. The monoisotopic (exact) mass is 461 g/mol. The van der Waals surface area contributed by atoms with Gasteiger partial charge in [-0.05, 0) is 61.5 Å². The van der Waals surface area contributed by atoms with Gasteiger partial charge in [0, 0.05) is 12.2 Å². The molecule has 0 spiro atoms. The number of para-hydroxylation sites is 1. The first-order chi connectivity index (χ1) is 15.9. The molecule has 0 bridgehead atoms. The SMILES string of the molecule is Cc1ccc(NC(=O)C[C@@H]2C(=O)N(c3ccccc3)C(=S)N2CCc2ccccc2F)cc1. The van der Waals surface area contributed by atoms with Gasteiger partial charge in [0.2, 0.25) is 5.91 Å². The van der Waals surface area contributed by atoms with E-state index in [1.807, 2.05) is 49.4 Å². The van der Waals surface area contributed by atoms with E-state index in [9.17, 15) is 14.0 Å². The summed E-state index contributed by atoms with van der Waals surface area (Å²) >= 11 is 5.65. The molecule has 3 aromatic carbocycles. The van der Waals surface area contributed by atoms with Crippen molar-refractivity contribution in [3.05, 3.63) is 95.8 Å². The zero-order chi connectivity index (χ0) is 23.4. The molecule has 3 aromatic rings. The minimum Gasteiger partial charge on any atom is -0.336 e. The van der Waals surface area contributed by atoms with Gasteiger partial charge in [-0.25, -0.2) is 4.39 Å². The summed E-state index contributed by atoms with van der Waals surface area (Å²) in [5.74, 6) is -0.855. The van der Waals surface area contributed by atoms with E-state index in [-0.39, 0.29) is 24.1 Å². The Morgan fingerprint density at radius 1 is 1.00 bits per heavy atom. The van der Waals surface area contributed by atoms with E-state index >= 15 is 0 Å². The summed E-state index contributed by atoms with van der Waals surface area (Å²) < 4.78 is 14.2. The zero-order valence-corrected chi connectivity index (χ0v) is 19.0. The number of amides is 2. The molecule has 0 aromatic heterocycles. The summed E-state index contributed by atoms with van der Waals surface area (Å²) in [5, 5.41) is 3.17. The van der Waals surface area contributed by atoms with Crippen LogP contribution >= 0.6 is 12.2 Å². The van der Waals surface area contributed by atoms with Crippen molar-refractivity contribution in [2.24, 2.45) is 0 Å². The van der Waals surface area contributed by atoms with Crippen molar-refractivity contribution in [1.29, 1.82) is 0 Å². The van der Waals surface area contributed by atoms with Gasteiger partial charge in [-0.3, -0.25) is 14.5 Å². The van der Waals surface area contributed by atoms with Gasteiger partial charge in [-0.2, -0.15) is 0 Å². The molecule has 0 unspecified atom stereocenters. The molecule has 1 aliphatic heterocycles. The van der Waals surface area contributed by atoms with Crippen molar-refractivity contribution in [1.82, 2.24) is 4.90 Å². The molecule has 7 heteroatoms. The van der Waals surface area contributed by atoms with E-state index < -0.39 is 6.04 Å². The number of thiocarbonyl (C=S) groups is 1. The molecule has 1 heterocycles. The normalized spacial score (nSPS) is 15.8. The number of rotatable bonds is 7. The van der Waals surface area contributed by atoms with Crippen LogP contribution in [-0.4, -0.2) is 34.4 Å². The summed E-state index contributed by atoms with van der Waals surface area (Å²) in [5.41, 5.74) is 2.93. The van der Waals surface area contributed by atoms with Crippen LogP contribution in [0.25, 0.3) is 0 Å². The largest absolute Gasteiger partial charge is 0.336 e. The average molecular weight is 462 g/mol. The highest BCUT2D eigenvalue weighted by Crippen LogP contribution is 2.28. The lowest BCUT2D eigenvalue weighted by molar-refractivity contribution is -0.124. The van der Waals surface area contributed by atoms with E-state index in [1.165, 1.54) is 11.0 Å². The first-order valence-electron chi connectivity index (χ1n) is 10.7. The molecule has 1 saturated heterocycles. The zero-order valence-electron chi connectivity index (χ0n) is 18.2. The molecule has 168 valence electrons. The average Bonchev–Trinajstić information content (AvgIpc) is 3.04. The van der Waals surface area contributed by atoms with Gasteiger partial charge in [0.25, 0.3) is 5.91 Å². The smallest absolute Gasteiger partial charge is 0.256 e. The first kappa shape index (κ1) is 22.6. The third kappa shape index (κ3) is 5.09. The number of aryl methyl sites for hydroxylation is 1. The lowest BCUT2D eigenvalue weighted by atomic mass is 10.1. The number of nitrogens with one attached hydrogen (secondary N) is 1. The third-order valence-corrected chi connectivity index (χ3v) is 6.04. The van der Waals surface area contributed by atoms with Gasteiger partial charge in [0.1, 0.15) is 11.9 Å². The Kier molecular flexibility index (Phi) is 6.79. The fraction of sp³-hybridized carbons (Fsp3) is 0.192. The van der Waals surface area contributed by atoms with Crippen LogP contribution in [0.1, 0.15) is 17.5 Å².